The van der Waals surface area contributed by atoms with Crippen molar-refractivity contribution in [1.29, 1.82) is 0 Å². The Morgan fingerprint density at radius 2 is 1.86 bits per heavy atom. The molecule has 110 valence electrons. The molecule has 0 atom stereocenters. The van der Waals surface area contributed by atoms with Crippen LogP contribution in [0.3, 0.4) is 0 Å². The van der Waals surface area contributed by atoms with Gasteiger partial charge in [0, 0.05) is 17.8 Å². The van der Waals surface area contributed by atoms with Crippen LogP contribution in [-0.2, 0) is 0 Å². The van der Waals surface area contributed by atoms with Crippen molar-refractivity contribution in [1.82, 2.24) is 15.3 Å². The predicted octanol–water partition coefficient (Wildman–Crippen LogP) is 2.64. The molecule has 1 aromatic heterocycles. The number of fused-ring (bicyclic) bond motifs is 1. The first-order valence-electron chi connectivity index (χ1n) is 7.45. The highest BCUT2D eigenvalue weighted by atomic mass is 15.1. The lowest BCUT2D eigenvalue weighted by molar-refractivity contribution is 0.735. The summed E-state index contributed by atoms with van der Waals surface area (Å²) in [6, 6.07) is 16.3. The fourth-order valence-electron chi connectivity index (χ4n) is 2.58. The molecule has 5 heteroatoms. The normalized spacial score (nSPS) is 14.8. The number of rotatable bonds is 2. The Balaban J connectivity index is 1.57. The van der Waals surface area contributed by atoms with E-state index < -0.39 is 0 Å². The van der Waals surface area contributed by atoms with Gasteiger partial charge in [0.25, 0.3) is 0 Å². The van der Waals surface area contributed by atoms with Gasteiger partial charge >= 0.3 is 0 Å². The van der Waals surface area contributed by atoms with Crippen LogP contribution in [0.4, 0.5) is 5.69 Å². The molecule has 5 nitrogen and oxygen atoms in total. The standard InChI is InChI=1S/C17H17N5/c1-2-4-15-14(3-1)21-17(22-15)12-5-7-13(8-6-12)20-16-11-18-9-10-19-16/h1-8,18H,9-11H2,(H,19,20)(H,21,22). The Morgan fingerprint density at radius 1 is 1.00 bits per heavy atom. The first-order valence-corrected chi connectivity index (χ1v) is 7.45. The summed E-state index contributed by atoms with van der Waals surface area (Å²) in [5.41, 5.74) is 4.16. The van der Waals surface area contributed by atoms with Crippen molar-refractivity contribution < 1.29 is 0 Å². The lowest BCUT2D eigenvalue weighted by atomic mass is 10.2. The van der Waals surface area contributed by atoms with Crippen LogP contribution < -0.4 is 10.6 Å². The largest absolute Gasteiger partial charge is 0.343 e. The van der Waals surface area contributed by atoms with E-state index in [-0.39, 0.29) is 0 Å². The molecule has 3 aromatic rings. The third-order valence-electron chi connectivity index (χ3n) is 3.72. The Kier molecular flexibility index (Phi) is 3.33. The lowest BCUT2D eigenvalue weighted by Gasteiger charge is -2.15. The van der Waals surface area contributed by atoms with Crippen LogP contribution in [0.15, 0.2) is 53.5 Å². The van der Waals surface area contributed by atoms with E-state index in [1.54, 1.807) is 0 Å². The number of para-hydroxylation sites is 2. The molecule has 0 saturated carbocycles. The number of benzene rings is 2. The maximum Gasteiger partial charge on any atom is 0.138 e. The van der Waals surface area contributed by atoms with Crippen molar-refractivity contribution in [3.05, 3.63) is 48.5 Å². The first kappa shape index (κ1) is 13.0. The van der Waals surface area contributed by atoms with Gasteiger partial charge in [-0.25, -0.2) is 4.98 Å². The summed E-state index contributed by atoms with van der Waals surface area (Å²) >= 11 is 0. The molecular weight excluding hydrogens is 274 g/mol. The average molecular weight is 291 g/mol. The maximum absolute atomic E-state index is 4.62. The summed E-state index contributed by atoms with van der Waals surface area (Å²) in [6.07, 6.45) is 0. The molecule has 2 heterocycles. The first-order chi connectivity index (χ1) is 10.9. The van der Waals surface area contributed by atoms with Gasteiger partial charge in [0.15, 0.2) is 0 Å². The van der Waals surface area contributed by atoms with E-state index in [9.17, 15) is 0 Å². The molecule has 0 spiro atoms. The Morgan fingerprint density at radius 3 is 2.64 bits per heavy atom. The molecule has 0 fully saturated rings. The molecule has 2 aromatic carbocycles. The number of imidazole rings is 1. The summed E-state index contributed by atoms with van der Waals surface area (Å²) in [6.45, 7) is 2.58. The summed E-state index contributed by atoms with van der Waals surface area (Å²) in [5, 5.41) is 6.64. The predicted molar refractivity (Wildman–Crippen MR) is 90.3 cm³/mol. The smallest absolute Gasteiger partial charge is 0.138 e. The minimum absolute atomic E-state index is 0.797. The van der Waals surface area contributed by atoms with Crippen molar-refractivity contribution in [2.45, 2.75) is 0 Å². The van der Waals surface area contributed by atoms with Crippen molar-refractivity contribution >= 4 is 22.6 Å². The highest BCUT2D eigenvalue weighted by molar-refractivity contribution is 5.97. The molecule has 1 aliphatic heterocycles. The van der Waals surface area contributed by atoms with E-state index in [4.69, 9.17) is 0 Å². The highest BCUT2D eigenvalue weighted by Crippen LogP contribution is 2.22. The van der Waals surface area contributed by atoms with Gasteiger partial charge in [-0.15, -0.1) is 0 Å². The second-order valence-corrected chi connectivity index (χ2v) is 5.31. The topological polar surface area (TPSA) is 65.1 Å². The Bertz CT molecular complexity index is 783. The van der Waals surface area contributed by atoms with Crippen LogP contribution in [0.5, 0.6) is 0 Å². The van der Waals surface area contributed by atoms with E-state index in [1.807, 2.05) is 24.3 Å². The Hall–Kier alpha value is -2.66. The number of aliphatic imine (C=N–C) groups is 1. The van der Waals surface area contributed by atoms with Crippen molar-refractivity contribution in [2.24, 2.45) is 4.99 Å². The molecule has 1 aliphatic rings. The van der Waals surface area contributed by atoms with Crippen LogP contribution in [0.1, 0.15) is 0 Å². The number of nitrogens with zero attached hydrogens (tertiary/aromatic N) is 2. The van der Waals surface area contributed by atoms with Crippen LogP contribution >= 0.6 is 0 Å². The fraction of sp³-hybridized carbons (Fsp3) is 0.176. The molecule has 3 N–H and O–H groups in total. The van der Waals surface area contributed by atoms with Gasteiger partial charge in [-0.3, -0.25) is 4.99 Å². The zero-order chi connectivity index (χ0) is 14.8. The van der Waals surface area contributed by atoms with Crippen LogP contribution in [0, 0.1) is 0 Å². The van der Waals surface area contributed by atoms with E-state index in [0.29, 0.717) is 0 Å². The minimum Gasteiger partial charge on any atom is -0.343 e. The number of amidine groups is 1. The van der Waals surface area contributed by atoms with E-state index in [1.165, 1.54) is 0 Å². The molecule has 4 rings (SSSR count). The number of H-pyrrole nitrogens is 1. The highest BCUT2D eigenvalue weighted by Gasteiger charge is 2.07. The van der Waals surface area contributed by atoms with Crippen LogP contribution in [0.25, 0.3) is 22.4 Å². The van der Waals surface area contributed by atoms with Gasteiger partial charge in [-0.1, -0.05) is 12.1 Å². The van der Waals surface area contributed by atoms with E-state index >= 15 is 0 Å². The fourth-order valence-corrected chi connectivity index (χ4v) is 2.58. The lowest BCUT2D eigenvalue weighted by Crippen LogP contribution is -2.34. The quantitative estimate of drug-likeness (QED) is 0.680. The number of aromatic nitrogens is 2. The summed E-state index contributed by atoms with van der Waals surface area (Å²) in [5.74, 6) is 1.88. The SMILES string of the molecule is c1ccc2[nH]c(-c3ccc(NC4=NCCNC4)cc3)nc2c1. The molecule has 0 radical (unpaired) electrons. The molecular formula is C17H17N5. The molecule has 0 aliphatic carbocycles. The van der Waals surface area contributed by atoms with Crippen LogP contribution in [0.2, 0.25) is 0 Å². The molecule has 0 bridgehead atoms. The number of nitrogens with one attached hydrogen (secondary N) is 3. The van der Waals surface area contributed by atoms with Gasteiger partial charge < -0.3 is 15.6 Å². The minimum atomic E-state index is 0.797. The third kappa shape index (κ3) is 2.58. The zero-order valence-corrected chi connectivity index (χ0v) is 12.1. The Labute approximate surface area is 128 Å². The summed E-state index contributed by atoms with van der Waals surface area (Å²) in [7, 11) is 0. The average Bonchev–Trinajstić information content (AvgIpc) is 3.00. The number of anilines is 1. The van der Waals surface area contributed by atoms with Gasteiger partial charge in [0.1, 0.15) is 11.7 Å². The van der Waals surface area contributed by atoms with Gasteiger partial charge in [0.05, 0.1) is 24.1 Å². The molecule has 22 heavy (non-hydrogen) atoms. The van der Waals surface area contributed by atoms with Gasteiger partial charge in [-0.05, 0) is 36.4 Å². The maximum atomic E-state index is 4.62. The van der Waals surface area contributed by atoms with Crippen molar-refractivity contribution in [3.63, 3.8) is 0 Å². The number of hydrogen-bond donors (Lipinski definition) is 3. The van der Waals surface area contributed by atoms with Crippen molar-refractivity contribution in [2.75, 3.05) is 25.0 Å². The summed E-state index contributed by atoms with van der Waals surface area (Å²) in [4.78, 5) is 12.4. The van der Waals surface area contributed by atoms with Gasteiger partial charge in [0.2, 0.25) is 0 Å². The zero-order valence-electron chi connectivity index (χ0n) is 12.1. The van der Waals surface area contributed by atoms with Crippen LogP contribution in [-0.4, -0.2) is 35.4 Å². The molecule has 0 saturated heterocycles. The van der Waals surface area contributed by atoms with E-state index in [0.717, 1.165) is 53.6 Å². The number of aromatic amines is 1. The van der Waals surface area contributed by atoms with Gasteiger partial charge in [-0.2, -0.15) is 0 Å². The molecule has 0 amide bonds. The number of hydrogen-bond acceptors (Lipinski definition) is 4. The molecule has 0 unspecified atom stereocenters. The monoisotopic (exact) mass is 291 g/mol. The van der Waals surface area contributed by atoms with E-state index in [2.05, 4.69) is 49.9 Å². The van der Waals surface area contributed by atoms with Crippen molar-refractivity contribution in [3.8, 4) is 11.4 Å². The summed E-state index contributed by atoms with van der Waals surface area (Å²) < 4.78 is 0. The second-order valence-electron chi connectivity index (χ2n) is 5.31. The third-order valence-corrected chi connectivity index (χ3v) is 3.72. The second kappa shape index (κ2) is 5.61.